The van der Waals surface area contributed by atoms with Crippen molar-refractivity contribution in [1.29, 1.82) is 0 Å². The van der Waals surface area contributed by atoms with Crippen molar-refractivity contribution < 1.29 is 13.7 Å². The Morgan fingerprint density at radius 3 is 2.33 bits per heavy atom. The molecular formula is C16H19NO3S. The zero-order valence-electron chi connectivity index (χ0n) is 12.1. The van der Waals surface area contributed by atoms with Crippen LogP contribution >= 0.6 is 0 Å². The third-order valence-corrected chi connectivity index (χ3v) is 4.63. The zero-order chi connectivity index (χ0) is 15.2. The summed E-state index contributed by atoms with van der Waals surface area (Å²) >= 11 is 0. The fraction of sp³-hybridized carbons (Fsp3) is 0.250. The van der Waals surface area contributed by atoms with E-state index in [1.807, 2.05) is 42.5 Å². The van der Waals surface area contributed by atoms with Gasteiger partial charge >= 0.3 is 0 Å². The zero-order valence-corrected chi connectivity index (χ0v) is 12.9. The summed E-state index contributed by atoms with van der Waals surface area (Å²) in [6.45, 7) is 0. The number of ether oxygens (including phenoxy) is 2. The molecule has 2 aromatic carbocycles. The highest BCUT2D eigenvalue weighted by Gasteiger charge is 2.14. The Kier molecular flexibility index (Phi) is 5.36. The second kappa shape index (κ2) is 7.24. The maximum Gasteiger partial charge on any atom is 0.161 e. The highest BCUT2D eigenvalue weighted by molar-refractivity contribution is 7.85. The van der Waals surface area contributed by atoms with Crippen LogP contribution < -0.4 is 15.2 Å². The van der Waals surface area contributed by atoms with Crippen LogP contribution in [-0.2, 0) is 10.8 Å². The molecule has 0 aliphatic carbocycles. The number of nitrogens with two attached hydrogens (primary N) is 1. The van der Waals surface area contributed by atoms with Crippen molar-refractivity contribution in [3.8, 4) is 11.5 Å². The number of methoxy groups -OCH3 is 2. The summed E-state index contributed by atoms with van der Waals surface area (Å²) in [5, 5.41) is 0. The van der Waals surface area contributed by atoms with Crippen molar-refractivity contribution >= 4 is 10.8 Å². The largest absolute Gasteiger partial charge is 0.493 e. The lowest BCUT2D eigenvalue weighted by atomic mass is 10.1. The summed E-state index contributed by atoms with van der Waals surface area (Å²) < 4.78 is 22.7. The third kappa shape index (κ3) is 3.83. The van der Waals surface area contributed by atoms with Crippen molar-refractivity contribution in [3.05, 3.63) is 54.1 Å². The first-order chi connectivity index (χ1) is 10.2. The standard InChI is InChI=1S/C16H19NO3S/c1-19-15-9-8-12(10-16(15)20-2)14(17)11-21(18)13-6-4-3-5-7-13/h3-10,14H,11,17H2,1-2H3/t14-,21-/m1/s1. The summed E-state index contributed by atoms with van der Waals surface area (Å²) in [5.74, 6) is 1.63. The van der Waals surface area contributed by atoms with E-state index >= 15 is 0 Å². The molecule has 0 heterocycles. The molecule has 4 nitrogen and oxygen atoms in total. The fourth-order valence-corrected chi connectivity index (χ4v) is 3.18. The Morgan fingerprint density at radius 2 is 1.71 bits per heavy atom. The number of rotatable bonds is 6. The molecule has 0 amide bonds. The van der Waals surface area contributed by atoms with Gasteiger partial charge < -0.3 is 15.2 Å². The summed E-state index contributed by atoms with van der Waals surface area (Å²) in [4.78, 5) is 0.786. The normalized spacial score (nSPS) is 13.5. The van der Waals surface area contributed by atoms with Gasteiger partial charge in [-0.15, -0.1) is 0 Å². The Morgan fingerprint density at radius 1 is 1.05 bits per heavy atom. The molecule has 0 saturated heterocycles. The third-order valence-electron chi connectivity index (χ3n) is 3.17. The molecule has 0 unspecified atom stereocenters. The van der Waals surface area contributed by atoms with Gasteiger partial charge in [0.05, 0.1) is 25.0 Å². The lowest BCUT2D eigenvalue weighted by Crippen LogP contribution is -2.18. The molecule has 0 fully saturated rings. The molecular weight excluding hydrogens is 286 g/mol. The maximum absolute atomic E-state index is 12.3. The summed E-state index contributed by atoms with van der Waals surface area (Å²) in [5.41, 5.74) is 7.03. The van der Waals surface area contributed by atoms with Crippen LogP contribution in [-0.4, -0.2) is 24.2 Å². The molecule has 0 saturated carbocycles. The van der Waals surface area contributed by atoms with E-state index in [9.17, 15) is 4.21 Å². The van der Waals surface area contributed by atoms with Crippen LogP contribution in [0.1, 0.15) is 11.6 Å². The first-order valence-electron chi connectivity index (χ1n) is 6.56. The number of benzene rings is 2. The second-order valence-electron chi connectivity index (χ2n) is 4.55. The van der Waals surface area contributed by atoms with E-state index < -0.39 is 10.8 Å². The van der Waals surface area contributed by atoms with Crippen molar-refractivity contribution in [2.45, 2.75) is 10.9 Å². The molecule has 0 radical (unpaired) electrons. The maximum atomic E-state index is 12.3. The van der Waals surface area contributed by atoms with Gasteiger partial charge in [0.2, 0.25) is 0 Å². The van der Waals surface area contributed by atoms with Crippen molar-refractivity contribution in [2.24, 2.45) is 5.73 Å². The molecule has 2 aromatic rings. The van der Waals surface area contributed by atoms with Gasteiger partial charge in [0.25, 0.3) is 0 Å². The van der Waals surface area contributed by atoms with Crippen LogP contribution in [0.4, 0.5) is 0 Å². The average Bonchev–Trinajstić information content (AvgIpc) is 2.54. The number of hydrogen-bond donors (Lipinski definition) is 1. The topological polar surface area (TPSA) is 61.5 Å². The molecule has 0 aliphatic heterocycles. The highest BCUT2D eigenvalue weighted by Crippen LogP contribution is 2.29. The lowest BCUT2D eigenvalue weighted by Gasteiger charge is -2.14. The molecule has 0 aromatic heterocycles. The summed E-state index contributed by atoms with van der Waals surface area (Å²) in [6, 6.07) is 14.5. The minimum Gasteiger partial charge on any atom is -0.493 e. The lowest BCUT2D eigenvalue weighted by molar-refractivity contribution is 0.354. The van der Waals surface area contributed by atoms with Crippen molar-refractivity contribution in [3.63, 3.8) is 0 Å². The van der Waals surface area contributed by atoms with Gasteiger partial charge in [0.15, 0.2) is 11.5 Å². The Bertz CT molecular complexity index is 616. The SMILES string of the molecule is COc1ccc([C@H](N)C[S@@](=O)c2ccccc2)cc1OC. The van der Waals surface area contributed by atoms with E-state index in [0.717, 1.165) is 10.5 Å². The first-order valence-corrected chi connectivity index (χ1v) is 7.88. The van der Waals surface area contributed by atoms with Gasteiger partial charge in [-0.1, -0.05) is 24.3 Å². The molecule has 2 N–H and O–H groups in total. The summed E-state index contributed by atoms with van der Waals surface area (Å²) in [7, 11) is 2.04. The molecule has 2 rings (SSSR count). The Labute approximate surface area is 127 Å². The quantitative estimate of drug-likeness (QED) is 0.891. The highest BCUT2D eigenvalue weighted by atomic mass is 32.2. The predicted molar refractivity (Wildman–Crippen MR) is 84.2 cm³/mol. The number of hydrogen-bond acceptors (Lipinski definition) is 4. The van der Waals surface area contributed by atoms with Crippen LogP contribution in [0, 0.1) is 0 Å². The molecule has 112 valence electrons. The molecule has 0 bridgehead atoms. The van der Waals surface area contributed by atoms with E-state index in [0.29, 0.717) is 17.3 Å². The monoisotopic (exact) mass is 305 g/mol. The van der Waals surface area contributed by atoms with E-state index in [2.05, 4.69) is 0 Å². The van der Waals surface area contributed by atoms with E-state index in [1.165, 1.54) is 0 Å². The van der Waals surface area contributed by atoms with Crippen LogP contribution in [0.5, 0.6) is 11.5 Å². The van der Waals surface area contributed by atoms with Gasteiger partial charge in [-0.05, 0) is 29.8 Å². The van der Waals surface area contributed by atoms with Crippen molar-refractivity contribution in [1.82, 2.24) is 0 Å². The summed E-state index contributed by atoms with van der Waals surface area (Å²) in [6.07, 6.45) is 0. The molecule has 0 aliphatic rings. The minimum absolute atomic E-state index is 0.328. The smallest absolute Gasteiger partial charge is 0.161 e. The fourth-order valence-electron chi connectivity index (χ4n) is 2.01. The van der Waals surface area contributed by atoms with Crippen LogP contribution in [0.3, 0.4) is 0 Å². The minimum atomic E-state index is -1.13. The molecule has 5 heteroatoms. The van der Waals surface area contributed by atoms with Gasteiger partial charge in [-0.2, -0.15) is 0 Å². The van der Waals surface area contributed by atoms with Crippen LogP contribution in [0.2, 0.25) is 0 Å². The Balaban J connectivity index is 2.13. The Hall–Kier alpha value is -1.85. The van der Waals surface area contributed by atoms with Gasteiger partial charge in [0, 0.05) is 16.7 Å². The van der Waals surface area contributed by atoms with Gasteiger partial charge in [-0.3, -0.25) is 4.21 Å². The molecule has 0 spiro atoms. The predicted octanol–water partition coefficient (Wildman–Crippen LogP) is 2.51. The van der Waals surface area contributed by atoms with Crippen LogP contribution in [0.25, 0.3) is 0 Å². The van der Waals surface area contributed by atoms with Gasteiger partial charge in [0.1, 0.15) is 0 Å². The van der Waals surface area contributed by atoms with E-state index in [1.54, 1.807) is 20.3 Å². The van der Waals surface area contributed by atoms with Crippen LogP contribution in [0.15, 0.2) is 53.4 Å². The van der Waals surface area contributed by atoms with E-state index in [4.69, 9.17) is 15.2 Å². The molecule has 21 heavy (non-hydrogen) atoms. The second-order valence-corrected chi connectivity index (χ2v) is 6.04. The molecule has 2 atom stereocenters. The first kappa shape index (κ1) is 15.5. The average molecular weight is 305 g/mol. The van der Waals surface area contributed by atoms with Crippen molar-refractivity contribution in [2.75, 3.05) is 20.0 Å². The van der Waals surface area contributed by atoms with E-state index in [-0.39, 0.29) is 6.04 Å². The van der Waals surface area contributed by atoms with Gasteiger partial charge in [-0.25, -0.2) is 0 Å².